The maximum absolute atomic E-state index is 5.68. The van der Waals surface area contributed by atoms with Crippen molar-refractivity contribution in [3.05, 3.63) is 17.7 Å². The predicted molar refractivity (Wildman–Crippen MR) is 56.4 cm³/mol. The molecule has 0 atom stereocenters. The number of rotatable bonds is 1. The van der Waals surface area contributed by atoms with E-state index in [0.29, 0.717) is 5.82 Å². The molecule has 0 aromatic carbocycles. The first-order valence-electron chi connectivity index (χ1n) is 4.14. The van der Waals surface area contributed by atoms with Gasteiger partial charge in [0.2, 0.25) is 0 Å². The molecule has 12 heavy (non-hydrogen) atoms. The minimum atomic E-state index is -1.99. The van der Waals surface area contributed by atoms with Gasteiger partial charge in [0.1, 0.15) is 0 Å². The van der Waals surface area contributed by atoms with Gasteiger partial charge < -0.3 is 0 Å². The summed E-state index contributed by atoms with van der Waals surface area (Å²) in [6, 6.07) is 4.09. The Morgan fingerprint density at radius 3 is 2.25 bits per heavy atom. The molecule has 1 rings (SSSR count). The van der Waals surface area contributed by atoms with Gasteiger partial charge in [-0.05, 0) is 0 Å². The van der Waals surface area contributed by atoms with Crippen molar-refractivity contribution in [2.45, 2.75) is 21.7 Å². The van der Waals surface area contributed by atoms with Gasteiger partial charge in [-0.3, -0.25) is 0 Å². The van der Waals surface area contributed by atoms with E-state index in [-0.39, 0.29) is 0 Å². The van der Waals surface area contributed by atoms with Gasteiger partial charge in [-0.1, -0.05) is 0 Å². The molecule has 0 unspecified atom stereocenters. The van der Waals surface area contributed by atoms with Crippen molar-refractivity contribution in [2.75, 3.05) is 5.73 Å². The van der Waals surface area contributed by atoms with Crippen molar-refractivity contribution in [2.24, 2.45) is 0 Å². The monoisotopic (exact) mass is 272 g/mol. The van der Waals surface area contributed by atoms with E-state index in [4.69, 9.17) is 5.73 Å². The molecule has 2 nitrogen and oxygen atoms in total. The maximum atomic E-state index is 5.68. The van der Waals surface area contributed by atoms with E-state index in [0.717, 1.165) is 0 Å². The third-order valence-electron chi connectivity index (χ3n) is 1.76. The molecule has 0 fully saturated rings. The summed E-state index contributed by atoms with van der Waals surface area (Å²) in [4.78, 5) is 11.4. The molecule has 0 bridgehead atoms. The Bertz CT molecular complexity index is 269. The molecule has 0 amide bonds. The van der Waals surface area contributed by atoms with Crippen LogP contribution in [0.3, 0.4) is 0 Å². The Labute approximate surface area is 78.1 Å². The number of nitrogens with two attached hydrogens (primary N) is 1. The second kappa shape index (κ2) is 3.24. The summed E-state index contributed by atoms with van der Waals surface area (Å²) in [6.07, 6.45) is 0. The number of aromatic nitrogens is 1. The molecule has 0 saturated carbocycles. The molecular weight excluding hydrogens is 255 g/mol. The van der Waals surface area contributed by atoms with Crippen LogP contribution in [0, 0.1) is 6.92 Å². The molecule has 66 valence electrons. The Morgan fingerprint density at radius 2 is 1.83 bits per heavy atom. The third kappa shape index (κ3) is 2.37. The Morgan fingerprint density at radius 1 is 1.25 bits per heavy atom. The van der Waals surface area contributed by atoms with Crippen molar-refractivity contribution in [1.29, 1.82) is 0 Å². The van der Waals surface area contributed by atoms with Gasteiger partial charge in [-0.25, -0.2) is 0 Å². The summed E-state index contributed by atoms with van der Waals surface area (Å²) in [5.74, 6) is 0.664. The van der Waals surface area contributed by atoms with Gasteiger partial charge in [0, 0.05) is 0 Å². The van der Waals surface area contributed by atoms with Crippen LogP contribution in [0.15, 0.2) is 12.1 Å². The summed E-state index contributed by atoms with van der Waals surface area (Å²) in [5.41, 5.74) is 6.90. The molecule has 0 saturated heterocycles. The van der Waals surface area contributed by atoms with Gasteiger partial charge in [0.05, 0.1) is 0 Å². The fourth-order valence-corrected chi connectivity index (χ4v) is 4.29. The Kier molecular flexibility index (Phi) is 2.66. The fourth-order valence-electron chi connectivity index (χ4n) is 1.08. The van der Waals surface area contributed by atoms with Crippen LogP contribution in [0.1, 0.15) is 5.56 Å². The van der Waals surface area contributed by atoms with E-state index in [9.17, 15) is 0 Å². The van der Waals surface area contributed by atoms with E-state index in [1.165, 1.54) is 9.27 Å². The quantitative estimate of drug-likeness (QED) is 0.786. The molecule has 3 heteroatoms. The fraction of sp³-hybridized carbons (Fsp3) is 0.444. The molecule has 1 aromatic rings. The van der Waals surface area contributed by atoms with Crippen molar-refractivity contribution in [1.82, 2.24) is 4.98 Å². The molecule has 2 N–H and O–H groups in total. The third-order valence-corrected chi connectivity index (χ3v) is 6.88. The average molecular weight is 271 g/mol. The summed E-state index contributed by atoms with van der Waals surface area (Å²) in [5, 5.41) is 0. The van der Waals surface area contributed by atoms with Gasteiger partial charge in [-0.2, -0.15) is 0 Å². The minimum absolute atomic E-state index is 0.664. The van der Waals surface area contributed by atoms with E-state index in [1.807, 2.05) is 6.07 Å². The van der Waals surface area contributed by atoms with Crippen molar-refractivity contribution >= 4 is 27.9 Å². The van der Waals surface area contributed by atoms with Gasteiger partial charge in [0.25, 0.3) is 0 Å². The SMILES string of the molecule is Cc1cc(N)n[c]([Sn]([CH3])([CH3])[CH3])c1. The molecule has 0 aliphatic heterocycles. The zero-order valence-corrected chi connectivity index (χ0v) is 11.0. The topological polar surface area (TPSA) is 38.9 Å². The van der Waals surface area contributed by atoms with Crippen LogP contribution in [-0.4, -0.2) is 23.4 Å². The number of hydrogen-bond acceptors (Lipinski definition) is 2. The molecule has 0 spiro atoms. The molecule has 0 aliphatic rings. The standard InChI is InChI=1S/C6H7N2.3CH3.Sn/c1-5-2-3-8-6(7)4-5;;;;/h2,4H,1H3,(H2,7,8);3*1H3;. The number of pyridine rings is 1. The first-order chi connectivity index (χ1) is 5.39. The van der Waals surface area contributed by atoms with Crippen LogP contribution in [-0.2, 0) is 0 Å². The molecular formula is C9H16N2Sn. The summed E-state index contributed by atoms with van der Waals surface area (Å²) in [6.45, 7) is 2.07. The van der Waals surface area contributed by atoms with Crippen molar-refractivity contribution < 1.29 is 0 Å². The number of nitrogen functional groups attached to an aromatic ring is 1. The second-order valence-corrected chi connectivity index (χ2v) is 18.5. The normalized spacial score (nSPS) is 11.7. The molecule has 1 heterocycles. The Hall–Kier alpha value is -0.251. The Balaban J connectivity index is 3.18. The first-order valence-corrected chi connectivity index (χ1v) is 14.1. The van der Waals surface area contributed by atoms with Crippen LogP contribution in [0.25, 0.3) is 0 Å². The molecule has 0 radical (unpaired) electrons. The van der Waals surface area contributed by atoms with Gasteiger partial charge in [-0.15, -0.1) is 0 Å². The summed E-state index contributed by atoms with van der Waals surface area (Å²) >= 11 is -1.99. The van der Waals surface area contributed by atoms with Gasteiger partial charge >= 0.3 is 78.1 Å². The van der Waals surface area contributed by atoms with E-state index < -0.39 is 18.4 Å². The van der Waals surface area contributed by atoms with Crippen molar-refractivity contribution in [3.63, 3.8) is 0 Å². The van der Waals surface area contributed by atoms with Crippen LogP contribution in [0.5, 0.6) is 0 Å². The van der Waals surface area contributed by atoms with Gasteiger partial charge in [0.15, 0.2) is 0 Å². The van der Waals surface area contributed by atoms with Crippen molar-refractivity contribution in [3.8, 4) is 0 Å². The van der Waals surface area contributed by atoms with Crippen LogP contribution in [0.4, 0.5) is 5.82 Å². The molecule has 0 aliphatic carbocycles. The zero-order valence-electron chi connectivity index (χ0n) is 8.18. The van der Waals surface area contributed by atoms with Crippen LogP contribution < -0.4 is 9.44 Å². The predicted octanol–water partition coefficient (Wildman–Crippen LogP) is 1.52. The van der Waals surface area contributed by atoms with Crippen LogP contribution >= 0.6 is 0 Å². The van der Waals surface area contributed by atoms with Crippen LogP contribution in [0.2, 0.25) is 14.8 Å². The summed E-state index contributed by atoms with van der Waals surface area (Å²) in [7, 11) is 0. The number of anilines is 1. The molecule has 1 aromatic heterocycles. The average Bonchev–Trinajstić information content (AvgIpc) is 1.82. The zero-order chi connectivity index (χ0) is 9.35. The summed E-state index contributed by atoms with van der Waals surface area (Å²) < 4.78 is 1.27. The van der Waals surface area contributed by atoms with E-state index in [2.05, 4.69) is 32.8 Å². The second-order valence-electron chi connectivity index (χ2n) is 4.20. The number of hydrogen-bond donors (Lipinski definition) is 1. The van der Waals surface area contributed by atoms with E-state index in [1.54, 1.807) is 0 Å². The number of nitrogens with zero attached hydrogens (tertiary/aromatic N) is 1. The van der Waals surface area contributed by atoms with E-state index >= 15 is 0 Å². The number of aryl methyl sites for hydroxylation is 1. The first kappa shape index (κ1) is 9.83.